The van der Waals surface area contributed by atoms with Gasteiger partial charge in [-0.3, -0.25) is 4.79 Å². The van der Waals surface area contributed by atoms with Gasteiger partial charge in [0.25, 0.3) is 5.91 Å². The standard InChI is InChI=1S/C11H15BrClNO2S/c1-8-7-9(17-10(8)12)11(15)14(4-3-13)5-6-16-2/h7H,3-6H2,1-2H3. The van der Waals surface area contributed by atoms with Crippen molar-refractivity contribution in [1.29, 1.82) is 0 Å². The molecule has 0 aliphatic carbocycles. The molecule has 0 aromatic carbocycles. The lowest BCUT2D eigenvalue weighted by Gasteiger charge is -2.20. The van der Waals surface area contributed by atoms with Crippen molar-refractivity contribution in [1.82, 2.24) is 4.90 Å². The summed E-state index contributed by atoms with van der Waals surface area (Å²) in [6.07, 6.45) is 0. The van der Waals surface area contributed by atoms with Crippen LogP contribution in [0.5, 0.6) is 0 Å². The third-order valence-electron chi connectivity index (χ3n) is 2.27. The Balaban J connectivity index is 2.76. The SMILES string of the molecule is COCCN(CCCl)C(=O)c1cc(C)c(Br)s1. The number of hydrogen-bond donors (Lipinski definition) is 0. The van der Waals surface area contributed by atoms with E-state index in [-0.39, 0.29) is 5.91 Å². The van der Waals surface area contributed by atoms with E-state index in [2.05, 4.69) is 15.9 Å². The van der Waals surface area contributed by atoms with E-state index < -0.39 is 0 Å². The summed E-state index contributed by atoms with van der Waals surface area (Å²) >= 11 is 10.6. The molecule has 1 aromatic rings. The number of carbonyl (C=O) groups is 1. The first-order chi connectivity index (χ1) is 8.10. The molecule has 6 heteroatoms. The third kappa shape index (κ3) is 4.25. The van der Waals surface area contributed by atoms with Gasteiger partial charge in [-0.05, 0) is 34.5 Å². The molecular formula is C11H15BrClNO2S. The van der Waals surface area contributed by atoms with Crippen LogP contribution in [0.25, 0.3) is 0 Å². The summed E-state index contributed by atoms with van der Waals surface area (Å²) in [4.78, 5) is 14.7. The van der Waals surface area contributed by atoms with Gasteiger partial charge < -0.3 is 9.64 Å². The number of methoxy groups -OCH3 is 1. The first kappa shape index (κ1) is 15.0. The minimum Gasteiger partial charge on any atom is -0.383 e. The highest BCUT2D eigenvalue weighted by Gasteiger charge is 2.18. The lowest BCUT2D eigenvalue weighted by molar-refractivity contribution is 0.0712. The maximum Gasteiger partial charge on any atom is 0.264 e. The van der Waals surface area contributed by atoms with Gasteiger partial charge in [0, 0.05) is 26.1 Å². The van der Waals surface area contributed by atoms with Crippen molar-refractivity contribution in [2.75, 3.05) is 32.7 Å². The van der Waals surface area contributed by atoms with E-state index in [1.165, 1.54) is 11.3 Å². The first-order valence-corrected chi connectivity index (χ1v) is 7.34. The van der Waals surface area contributed by atoms with Gasteiger partial charge in [0.2, 0.25) is 0 Å². The quantitative estimate of drug-likeness (QED) is 0.745. The van der Waals surface area contributed by atoms with Crippen LogP contribution in [-0.4, -0.2) is 43.5 Å². The first-order valence-electron chi connectivity index (χ1n) is 5.20. The van der Waals surface area contributed by atoms with E-state index in [4.69, 9.17) is 16.3 Å². The van der Waals surface area contributed by atoms with Crippen LogP contribution in [-0.2, 0) is 4.74 Å². The number of amides is 1. The number of carbonyl (C=O) groups excluding carboxylic acids is 1. The largest absolute Gasteiger partial charge is 0.383 e. The number of halogens is 2. The minimum absolute atomic E-state index is 0.0153. The van der Waals surface area contributed by atoms with E-state index in [1.54, 1.807) is 12.0 Å². The molecule has 0 radical (unpaired) electrons. The average Bonchev–Trinajstić information content (AvgIpc) is 2.64. The summed E-state index contributed by atoms with van der Waals surface area (Å²) < 4.78 is 5.99. The van der Waals surface area contributed by atoms with E-state index >= 15 is 0 Å². The van der Waals surface area contributed by atoms with Crippen LogP contribution in [0, 0.1) is 6.92 Å². The Morgan fingerprint density at radius 2 is 2.29 bits per heavy atom. The van der Waals surface area contributed by atoms with Gasteiger partial charge in [0.15, 0.2) is 0 Å². The summed E-state index contributed by atoms with van der Waals surface area (Å²) in [5.74, 6) is 0.447. The fourth-order valence-electron chi connectivity index (χ4n) is 1.34. The molecule has 0 saturated heterocycles. The van der Waals surface area contributed by atoms with Gasteiger partial charge in [-0.1, -0.05) is 0 Å². The highest BCUT2D eigenvalue weighted by Crippen LogP contribution is 2.28. The highest BCUT2D eigenvalue weighted by atomic mass is 79.9. The van der Waals surface area contributed by atoms with E-state index in [9.17, 15) is 4.79 Å². The normalized spacial score (nSPS) is 10.6. The van der Waals surface area contributed by atoms with Crippen molar-refractivity contribution in [3.63, 3.8) is 0 Å². The molecule has 0 N–H and O–H groups in total. The van der Waals surface area contributed by atoms with Gasteiger partial charge in [-0.2, -0.15) is 0 Å². The summed E-state index contributed by atoms with van der Waals surface area (Å²) in [6, 6.07) is 1.89. The summed E-state index contributed by atoms with van der Waals surface area (Å²) in [5, 5.41) is 0. The summed E-state index contributed by atoms with van der Waals surface area (Å²) in [5.41, 5.74) is 1.08. The van der Waals surface area contributed by atoms with Gasteiger partial charge in [0.1, 0.15) is 0 Å². The molecule has 0 bridgehead atoms. The Hall–Kier alpha value is -0.100. The number of rotatable bonds is 6. The van der Waals surface area contributed by atoms with Crippen molar-refractivity contribution >= 4 is 44.8 Å². The van der Waals surface area contributed by atoms with E-state index in [0.29, 0.717) is 25.6 Å². The Kier molecular flexibility index (Phi) is 6.48. The maximum atomic E-state index is 12.2. The highest BCUT2D eigenvalue weighted by molar-refractivity contribution is 9.11. The smallest absolute Gasteiger partial charge is 0.264 e. The fourth-order valence-corrected chi connectivity index (χ4v) is 3.05. The zero-order valence-corrected chi connectivity index (χ0v) is 13.0. The second-order valence-corrected chi connectivity index (χ2v) is 6.29. The molecule has 96 valence electrons. The van der Waals surface area contributed by atoms with Crippen LogP contribution < -0.4 is 0 Å². The Labute approximate surface area is 119 Å². The van der Waals surface area contributed by atoms with Crippen molar-refractivity contribution in [3.8, 4) is 0 Å². The predicted molar refractivity (Wildman–Crippen MR) is 75.3 cm³/mol. The third-order valence-corrected chi connectivity index (χ3v) is 4.57. The van der Waals surface area contributed by atoms with Crippen LogP contribution in [0.2, 0.25) is 0 Å². The van der Waals surface area contributed by atoms with Crippen LogP contribution in [0.4, 0.5) is 0 Å². The number of ether oxygens (including phenoxy) is 1. The zero-order valence-electron chi connectivity index (χ0n) is 9.83. The topological polar surface area (TPSA) is 29.5 Å². The van der Waals surface area contributed by atoms with E-state index in [1.807, 2.05) is 13.0 Å². The molecule has 0 saturated carbocycles. The van der Waals surface area contributed by atoms with Crippen molar-refractivity contribution in [2.45, 2.75) is 6.92 Å². The molecule has 0 atom stereocenters. The average molecular weight is 341 g/mol. The fraction of sp³-hybridized carbons (Fsp3) is 0.545. The van der Waals surface area contributed by atoms with Gasteiger partial charge >= 0.3 is 0 Å². The van der Waals surface area contributed by atoms with Gasteiger partial charge in [0.05, 0.1) is 15.3 Å². The number of nitrogens with zero attached hydrogens (tertiary/aromatic N) is 1. The monoisotopic (exact) mass is 339 g/mol. The van der Waals surface area contributed by atoms with E-state index in [0.717, 1.165) is 14.2 Å². The molecule has 0 aliphatic rings. The summed E-state index contributed by atoms with van der Waals surface area (Å²) in [7, 11) is 1.62. The molecule has 1 aromatic heterocycles. The van der Waals surface area contributed by atoms with Crippen LogP contribution in [0.3, 0.4) is 0 Å². The molecule has 0 spiro atoms. The Bertz CT molecular complexity index is 364. The molecule has 1 rings (SSSR count). The molecule has 0 aliphatic heterocycles. The zero-order chi connectivity index (χ0) is 12.8. The predicted octanol–water partition coefficient (Wildman–Crippen LogP) is 3.15. The Morgan fingerprint density at radius 3 is 2.76 bits per heavy atom. The molecule has 0 fully saturated rings. The van der Waals surface area contributed by atoms with Crippen LogP contribution >= 0.6 is 38.9 Å². The second-order valence-electron chi connectivity index (χ2n) is 3.54. The molecule has 17 heavy (non-hydrogen) atoms. The molecular weight excluding hydrogens is 326 g/mol. The number of hydrogen-bond acceptors (Lipinski definition) is 3. The minimum atomic E-state index is 0.0153. The number of alkyl halides is 1. The lowest BCUT2D eigenvalue weighted by Crippen LogP contribution is -2.35. The maximum absolute atomic E-state index is 12.2. The van der Waals surface area contributed by atoms with Crippen molar-refractivity contribution in [3.05, 3.63) is 20.3 Å². The molecule has 3 nitrogen and oxygen atoms in total. The second kappa shape index (κ2) is 7.36. The summed E-state index contributed by atoms with van der Waals surface area (Å²) in [6.45, 7) is 3.60. The van der Waals surface area contributed by atoms with Crippen LogP contribution in [0.15, 0.2) is 9.85 Å². The van der Waals surface area contributed by atoms with Crippen molar-refractivity contribution < 1.29 is 9.53 Å². The molecule has 1 amide bonds. The van der Waals surface area contributed by atoms with Crippen LogP contribution in [0.1, 0.15) is 15.2 Å². The molecule has 1 heterocycles. The van der Waals surface area contributed by atoms with Gasteiger partial charge in [-0.15, -0.1) is 22.9 Å². The number of thiophene rings is 1. The van der Waals surface area contributed by atoms with Crippen molar-refractivity contribution in [2.24, 2.45) is 0 Å². The molecule has 0 unspecified atom stereocenters. The number of aryl methyl sites for hydroxylation is 1. The lowest BCUT2D eigenvalue weighted by atomic mass is 10.3. The Morgan fingerprint density at radius 1 is 1.59 bits per heavy atom. The van der Waals surface area contributed by atoms with Gasteiger partial charge in [-0.25, -0.2) is 0 Å².